The molecule has 0 bridgehead atoms. The molecule has 2 heterocycles. The highest BCUT2D eigenvalue weighted by Crippen LogP contribution is 2.39. The molecule has 0 amide bonds. The summed E-state index contributed by atoms with van der Waals surface area (Å²) in [6.45, 7) is 5.08. The van der Waals surface area contributed by atoms with E-state index in [1.165, 1.54) is 11.4 Å². The van der Waals surface area contributed by atoms with Gasteiger partial charge in [0.2, 0.25) is 5.96 Å². The summed E-state index contributed by atoms with van der Waals surface area (Å²) in [5, 5.41) is 0.793. The van der Waals surface area contributed by atoms with Gasteiger partial charge in [-0.3, -0.25) is 4.99 Å². The van der Waals surface area contributed by atoms with Gasteiger partial charge in [-0.15, -0.1) is 0 Å². The second-order valence-electron chi connectivity index (χ2n) is 4.06. The van der Waals surface area contributed by atoms with Gasteiger partial charge in [0.1, 0.15) is 0 Å². The molecular weight excluding hydrogens is 222 g/mol. The van der Waals surface area contributed by atoms with Crippen LogP contribution in [0.15, 0.2) is 23.2 Å². The Balaban J connectivity index is 2.15. The molecule has 0 N–H and O–H groups in total. The Labute approximate surface area is 100 Å². The molecule has 0 saturated heterocycles. The minimum Gasteiger partial charge on any atom is -0.310 e. The maximum absolute atomic E-state index is 6.06. The molecule has 16 heavy (non-hydrogen) atoms. The molecule has 3 rings (SSSR count). The Bertz CT molecular complexity index is 456. The monoisotopic (exact) mass is 235 g/mol. The fourth-order valence-electron chi connectivity index (χ4n) is 2.41. The van der Waals surface area contributed by atoms with E-state index in [2.05, 4.69) is 27.8 Å². The van der Waals surface area contributed by atoms with E-state index in [-0.39, 0.29) is 0 Å². The molecule has 0 atom stereocenters. The van der Waals surface area contributed by atoms with Gasteiger partial charge in [0.25, 0.3) is 0 Å². The third-order valence-corrected chi connectivity index (χ3v) is 3.35. The highest BCUT2D eigenvalue weighted by atomic mass is 35.5. The Morgan fingerprint density at radius 1 is 1.38 bits per heavy atom. The van der Waals surface area contributed by atoms with Crippen molar-refractivity contribution < 1.29 is 0 Å². The van der Waals surface area contributed by atoms with Crippen molar-refractivity contribution in [3.05, 3.63) is 23.2 Å². The molecule has 2 aliphatic rings. The average Bonchev–Trinajstić information content (AvgIpc) is 2.62. The minimum atomic E-state index is 0.793. The Hall–Kier alpha value is -1.22. The molecule has 0 unspecified atom stereocenters. The molecule has 0 aromatic heterocycles. The van der Waals surface area contributed by atoms with E-state index in [1.807, 2.05) is 12.1 Å². The first-order chi connectivity index (χ1) is 7.81. The van der Waals surface area contributed by atoms with E-state index in [1.54, 1.807) is 0 Å². The van der Waals surface area contributed by atoms with Crippen molar-refractivity contribution in [2.75, 3.05) is 29.4 Å². The zero-order valence-electron chi connectivity index (χ0n) is 9.28. The third-order valence-electron chi connectivity index (χ3n) is 3.11. The molecular formula is C12H14ClN3. The van der Waals surface area contributed by atoms with Crippen molar-refractivity contribution in [1.29, 1.82) is 0 Å². The van der Waals surface area contributed by atoms with E-state index in [0.717, 1.165) is 37.0 Å². The zero-order valence-corrected chi connectivity index (χ0v) is 10.0. The highest BCUT2D eigenvalue weighted by Gasteiger charge is 2.32. The SMILES string of the molecule is CCN1C2=NCCCN2c2cc(Cl)ccc21. The molecule has 4 heteroatoms. The summed E-state index contributed by atoms with van der Waals surface area (Å²) in [6.07, 6.45) is 1.12. The second kappa shape index (κ2) is 3.67. The molecule has 0 radical (unpaired) electrons. The standard InChI is InChI=1S/C12H14ClN3/c1-2-15-10-5-4-9(13)8-11(10)16-7-3-6-14-12(15)16/h4-5,8H,2-3,6-7H2,1H3. The van der Waals surface area contributed by atoms with Crippen LogP contribution in [-0.2, 0) is 0 Å². The number of benzene rings is 1. The Morgan fingerprint density at radius 2 is 2.25 bits per heavy atom. The van der Waals surface area contributed by atoms with Gasteiger partial charge >= 0.3 is 0 Å². The van der Waals surface area contributed by atoms with Crippen LogP contribution in [-0.4, -0.2) is 25.6 Å². The molecule has 3 nitrogen and oxygen atoms in total. The molecule has 1 aromatic carbocycles. The average molecular weight is 236 g/mol. The van der Waals surface area contributed by atoms with Gasteiger partial charge in [0.05, 0.1) is 11.4 Å². The van der Waals surface area contributed by atoms with E-state index in [0.29, 0.717) is 0 Å². The van der Waals surface area contributed by atoms with Gasteiger partial charge in [-0.25, -0.2) is 0 Å². The predicted molar refractivity (Wildman–Crippen MR) is 68.7 cm³/mol. The fraction of sp³-hybridized carbons (Fsp3) is 0.417. The van der Waals surface area contributed by atoms with E-state index < -0.39 is 0 Å². The quantitative estimate of drug-likeness (QED) is 0.746. The van der Waals surface area contributed by atoms with Gasteiger partial charge < -0.3 is 9.80 Å². The number of fused-ring (bicyclic) bond motifs is 3. The number of anilines is 2. The van der Waals surface area contributed by atoms with Crippen LogP contribution in [0, 0.1) is 0 Å². The van der Waals surface area contributed by atoms with Crippen molar-refractivity contribution in [2.24, 2.45) is 4.99 Å². The molecule has 1 aromatic rings. The van der Waals surface area contributed by atoms with Crippen LogP contribution >= 0.6 is 11.6 Å². The molecule has 0 saturated carbocycles. The number of guanidine groups is 1. The minimum absolute atomic E-state index is 0.793. The maximum atomic E-state index is 6.06. The third kappa shape index (κ3) is 1.31. The summed E-state index contributed by atoms with van der Waals surface area (Å²) >= 11 is 6.06. The van der Waals surface area contributed by atoms with Crippen LogP contribution in [0.25, 0.3) is 0 Å². The molecule has 0 fully saturated rings. The lowest BCUT2D eigenvalue weighted by molar-refractivity contribution is 0.787. The van der Waals surface area contributed by atoms with E-state index in [4.69, 9.17) is 11.6 Å². The number of aliphatic imine (C=N–C) groups is 1. The highest BCUT2D eigenvalue weighted by molar-refractivity contribution is 6.31. The smallest absolute Gasteiger partial charge is 0.205 e. The summed E-state index contributed by atoms with van der Waals surface area (Å²) in [7, 11) is 0. The summed E-state index contributed by atoms with van der Waals surface area (Å²) in [5.74, 6) is 1.09. The van der Waals surface area contributed by atoms with Gasteiger partial charge in [-0.1, -0.05) is 11.6 Å². The molecule has 0 aliphatic carbocycles. The normalized spacial score (nSPS) is 18.2. The predicted octanol–water partition coefficient (Wildman–Crippen LogP) is 2.75. The number of nitrogens with zero attached hydrogens (tertiary/aromatic N) is 3. The number of hydrogen-bond donors (Lipinski definition) is 0. The number of rotatable bonds is 1. The van der Waals surface area contributed by atoms with Gasteiger partial charge in [0.15, 0.2) is 0 Å². The van der Waals surface area contributed by atoms with Crippen LogP contribution in [0.1, 0.15) is 13.3 Å². The van der Waals surface area contributed by atoms with Crippen LogP contribution in [0.3, 0.4) is 0 Å². The fourth-order valence-corrected chi connectivity index (χ4v) is 2.58. The lowest BCUT2D eigenvalue weighted by Crippen LogP contribution is -2.41. The lowest BCUT2D eigenvalue weighted by atomic mass is 10.2. The summed E-state index contributed by atoms with van der Waals surface area (Å²) < 4.78 is 0. The Kier molecular flexibility index (Phi) is 2.28. The summed E-state index contributed by atoms with van der Waals surface area (Å²) in [4.78, 5) is 9.14. The molecule has 84 valence electrons. The summed E-state index contributed by atoms with van der Waals surface area (Å²) in [5.41, 5.74) is 2.43. The Morgan fingerprint density at radius 3 is 3.06 bits per heavy atom. The zero-order chi connectivity index (χ0) is 11.1. The topological polar surface area (TPSA) is 18.8 Å². The van der Waals surface area contributed by atoms with Gasteiger partial charge in [-0.2, -0.15) is 0 Å². The van der Waals surface area contributed by atoms with Crippen molar-refractivity contribution in [2.45, 2.75) is 13.3 Å². The van der Waals surface area contributed by atoms with Gasteiger partial charge in [0, 0.05) is 24.7 Å². The number of hydrogen-bond acceptors (Lipinski definition) is 3. The second-order valence-corrected chi connectivity index (χ2v) is 4.50. The van der Waals surface area contributed by atoms with Crippen molar-refractivity contribution >= 4 is 28.9 Å². The van der Waals surface area contributed by atoms with Crippen molar-refractivity contribution in [3.8, 4) is 0 Å². The van der Waals surface area contributed by atoms with Gasteiger partial charge in [-0.05, 0) is 31.5 Å². The van der Waals surface area contributed by atoms with Crippen LogP contribution in [0.2, 0.25) is 5.02 Å². The summed E-state index contributed by atoms with van der Waals surface area (Å²) in [6, 6.07) is 6.07. The maximum Gasteiger partial charge on any atom is 0.205 e. The molecule has 2 aliphatic heterocycles. The first-order valence-electron chi connectivity index (χ1n) is 5.70. The lowest BCUT2D eigenvalue weighted by Gasteiger charge is -2.25. The van der Waals surface area contributed by atoms with Crippen LogP contribution in [0.5, 0.6) is 0 Å². The van der Waals surface area contributed by atoms with Crippen molar-refractivity contribution in [3.63, 3.8) is 0 Å². The van der Waals surface area contributed by atoms with Crippen molar-refractivity contribution in [1.82, 2.24) is 0 Å². The first-order valence-corrected chi connectivity index (χ1v) is 6.08. The molecule has 0 spiro atoms. The first kappa shape index (κ1) is 9.97. The van der Waals surface area contributed by atoms with E-state index in [9.17, 15) is 0 Å². The largest absolute Gasteiger partial charge is 0.310 e. The van der Waals surface area contributed by atoms with Crippen LogP contribution < -0.4 is 9.80 Å². The van der Waals surface area contributed by atoms with Crippen LogP contribution in [0.4, 0.5) is 11.4 Å². The van der Waals surface area contributed by atoms with E-state index >= 15 is 0 Å². The number of halogens is 1.